The molecule has 0 saturated carbocycles. The molecule has 0 aliphatic carbocycles. The second-order valence-electron chi connectivity index (χ2n) is 7.29. The van der Waals surface area contributed by atoms with Gasteiger partial charge >= 0.3 is 0 Å². The molecule has 0 N–H and O–H groups in total. The van der Waals surface area contributed by atoms with Crippen LogP contribution in [0.4, 0.5) is 0 Å². The van der Waals surface area contributed by atoms with Gasteiger partial charge in [-0.15, -0.1) is 0 Å². The van der Waals surface area contributed by atoms with Crippen molar-refractivity contribution in [2.24, 2.45) is 0 Å². The number of hydrogen-bond donors (Lipinski definition) is 0. The fraction of sp³-hybridized carbons (Fsp3) is 0.167. The maximum absolute atomic E-state index is 6.23. The molecule has 0 amide bonds. The Morgan fingerprint density at radius 3 is 2.45 bits per heavy atom. The van der Waals surface area contributed by atoms with Crippen LogP contribution < -0.4 is 4.74 Å². The monoisotopic (exact) mass is 401 g/mol. The largest absolute Gasteiger partial charge is 0.490 e. The number of fused-ring (bicyclic) bond motifs is 4. The van der Waals surface area contributed by atoms with Gasteiger partial charge in [-0.1, -0.05) is 47.5 Å². The third kappa shape index (κ3) is 3.10. The molecule has 0 spiro atoms. The molecule has 5 heteroatoms. The number of rotatable bonds is 4. The van der Waals surface area contributed by atoms with Gasteiger partial charge in [0.15, 0.2) is 5.65 Å². The molecule has 0 saturated heterocycles. The molecule has 5 rings (SSSR count). The summed E-state index contributed by atoms with van der Waals surface area (Å²) in [7, 11) is 0. The second-order valence-corrected chi connectivity index (χ2v) is 7.70. The third-order valence-electron chi connectivity index (χ3n) is 5.19. The molecule has 2 heterocycles. The molecule has 2 aromatic heterocycles. The van der Waals surface area contributed by atoms with Gasteiger partial charge in [0.2, 0.25) is 0 Å². The van der Waals surface area contributed by atoms with E-state index in [4.69, 9.17) is 26.3 Å². The van der Waals surface area contributed by atoms with E-state index in [9.17, 15) is 0 Å². The number of benzene rings is 3. The zero-order valence-corrected chi connectivity index (χ0v) is 17.1. The van der Waals surface area contributed by atoms with Crippen LogP contribution in [-0.4, -0.2) is 21.1 Å². The highest BCUT2D eigenvalue weighted by Crippen LogP contribution is 2.31. The first kappa shape index (κ1) is 18.0. The topological polar surface area (TPSA) is 39.9 Å². The van der Waals surface area contributed by atoms with Crippen molar-refractivity contribution in [3.63, 3.8) is 0 Å². The van der Waals surface area contributed by atoms with Gasteiger partial charge in [0, 0.05) is 5.39 Å². The highest BCUT2D eigenvalue weighted by atomic mass is 35.5. The van der Waals surface area contributed by atoms with E-state index in [1.165, 1.54) is 11.1 Å². The van der Waals surface area contributed by atoms with Crippen molar-refractivity contribution < 1.29 is 4.74 Å². The summed E-state index contributed by atoms with van der Waals surface area (Å²) in [4.78, 5) is 9.89. The molecular weight excluding hydrogens is 382 g/mol. The van der Waals surface area contributed by atoms with Gasteiger partial charge in [0.05, 0.1) is 28.1 Å². The van der Waals surface area contributed by atoms with Crippen LogP contribution in [0.15, 0.2) is 60.7 Å². The summed E-state index contributed by atoms with van der Waals surface area (Å²) in [5.74, 6) is 0.694. The average molecular weight is 402 g/mol. The van der Waals surface area contributed by atoms with Crippen molar-refractivity contribution in [2.75, 3.05) is 6.61 Å². The zero-order valence-electron chi connectivity index (χ0n) is 16.3. The first-order valence-electron chi connectivity index (χ1n) is 9.65. The van der Waals surface area contributed by atoms with Gasteiger partial charge < -0.3 is 9.30 Å². The molecular formula is C24H20ClN3O. The summed E-state index contributed by atoms with van der Waals surface area (Å²) in [5.41, 5.74) is 7.20. The lowest BCUT2D eigenvalue weighted by atomic mass is 10.1. The Hall–Kier alpha value is -3.11. The Balaban J connectivity index is 1.65. The Morgan fingerprint density at radius 2 is 1.66 bits per heavy atom. The second kappa shape index (κ2) is 7.05. The smallest absolute Gasteiger partial charge is 0.160 e. The standard InChI is InChI=1S/C24H20ClN3O/c1-15-13-16(2)23-17(14-15)22-24(27-20-9-5-4-8-19(20)26-22)28(23)11-12-29-21-10-6-3-7-18(21)25/h3-10,13-14H,11-12H2,1-2H3. The summed E-state index contributed by atoms with van der Waals surface area (Å²) in [5, 5.41) is 1.75. The Bertz CT molecular complexity index is 1370. The number of halogens is 1. The van der Waals surface area contributed by atoms with E-state index in [1.54, 1.807) is 0 Å². The van der Waals surface area contributed by atoms with E-state index >= 15 is 0 Å². The van der Waals surface area contributed by atoms with Crippen LogP contribution in [0.2, 0.25) is 5.02 Å². The summed E-state index contributed by atoms with van der Waals surface area (Å²) in [6.07, 6.45) is 0. The summed E-state index contributed by atoms with van der Waals surface area (Å²) < 4.78 is 8.18. The number of hydrogen-bond acceptors (Lipinski definition) is 3. The fourth-order valence-corrected chi connectivity index (χ4v) is 4.18. The minimum atomic E-state index is 0.491. The van der Waals surface area contributed by atoms with E-state index in [0.29, 0.717) is 23.9 Å². The van der Waals surface area contributed by atoms with Crippen molar-refractivity contribution in [1.82, 2.24) is 14.5 Å². The first-order valence-corrected chi connectivity index (χ1v) is 10.0. The Labute approximate surface area is 173 Å². The highest BCUT2D eigenvalue weighted by molar-refractivity contribution is 6.32. The zero-order chi connectivity index (χ0) is 20.0. The van der Waals surface area contributed by atoms with E-state index in [-0.39, 0.29) is 0 Å². The molecule has 0 bridgehead atoms. The fourth-order valence-electron chi connectivity index (χ4n) is 3.99. The molecule has 0 aliphatic rings. The van der Waals surface area contributed by atoms with Gasteiger partial charge in [-0.3, -0.25) is 0 Å². The average Bonchev–Trinajstić information content (AvgIpc) is 3.01. The molecule has 0 fully saturated rings. The molecule has 144 valence electrons. The summed E-state index contributed by atoms with van der Waals surface area (Å²) in [6, 6.07) is 19.9. The maximum Gasteiger partial charge on any atom is 0.160 e. The predicted octanol–water partition coefficient (Wildman–Crippen LogP) is 6.09. The number of para-hydroxylation sites is 3. The lowest BCUT2D eigenvalue weighted by molar-refractivity contribution is 0.302. The van der Waals surface area contributed by atoms with E-state index < -0.39 is 0 Å². The molecule has 5 aromatic rings. The molecule has 0 atom stereocenters. The summed E-state index contributed by atoms with van der Waals surface area (Å²) >= 11 is 6.23. The van der Waals surface area contributed by atoms with Crippen LogP contribution in [0.1, 0.15) is 11.1 Å². The van der Waals surface area contributed by atoms with Crippen LogP contribution in [-0.2, 0) is 6.54 Å². The molecule has 3 aromatic carbocycles. The Kier molecular flexibility index (Phi) is 4.36. The molecule has 0 unspecified atom stereocenters. The van der Waals surface area contributed by atoms with Crippen LogP contribution in [0.3, 0.4) is 0 Å². The molecule has 0 radical (unpaired) electrons. The predicted molar refractivity (Wildman–Crippen MR) is 119 cm³/mol. The number of aryl methyl sites for hydroxylation is 2. The van der Waals surface area contributed by atoms with Crippen LogP contribution in [0.25, 0.3) is 33.1 Å². The van der Waals surface area contributed by atoms with Crippen molar-refractivity contribution in [1.29, 1.82) is 0 Å². The van der Waals surface area contributed by atoms with Gasteiger partial charge in [-0.25, -0.2) is 9.97 Å². The lowest BCUT2D eigenvalue weighted by Gasteiger charge is -2.11. The van der Waals surface area contributed by atoms with E-state index in [0.717, 1.165) is 33.1 Å². The van der Waals surface area contributed by atoms with Crippen LogP contribution in [0, 0.1) is 13.8 Å². The minimum absolute atomic E-state index is 0.491. The SMILES string of the molecule is Cc1cc(C)c2c(c1)c1nc3ccccc3nc1n2CCOc1ccccc1Cl. The highest BCUT2D eigenvalue weighted by Gasteiger charge is 2.17. The first-order chi connectivity index (χ1) is 14.1. The Morgan fingerprint density at radius 1 is 0.931 bits per heavy atom. The normalized spacial score (nSPS) is 11.6. The molecule has 0 aliphatic heterocycles. The van der Waals surface area contributed by atoms with Gasteiger partial charge in [-0.2, -0.15) is 0 Å². The van der Waals surface area contributed by atoms with E-state index in [1.807, 2.05) is 48.5 Å². The van der Waals surface area contributed by atoms with E-state index in [2.05, 4.69) is 30.5 Å². The third-order valence-corrected chi connectivity index (χ3v) is 5.50. The van der Waals surface area contributed by atoms with Gasteiger partial charge in [0.1, 0.15) is 17.9 Å². The van der Waals surface area contributed by atoms with Crippen LogP contribution in [0.5, 0.6) is 5.75 Å². The number of nitrogens with zero attached hydrogens (tertiary/aromatic N) is 3. The van der Waals surface area contributed by atoms with Crippen molar-refractivity contribution >= 4 is 44.7 Å². The van der Waals surface area contributed by atoms with Gasteiger partial charge in [0.25, 0.3) is 0 Å². The lowest BCUT2D eigenvalue weighted by Crippen LogP contribution is -2.09. The number of ether oxygens (including phenoxy) is 1. The van der Waals surface area contributed by atoms with Crippen molar-refractivity contribution in [2.45, 2.75) is 20.4 Å². The van der Waals surface area contributed by atoms with Crippen molar-refractivity contribution in [3.8, 4) is 5.75 Å². The minimum Gasteiger partial charge on any atom is -0.490 e. The van der Waals surface area contributed by atoms with Crippen LogP contribution >= 0.6 is 11.6 Å². The van der Waals surface area contributed by atoms with Crippen molar-refractivity contribution in [3.05, 3.63) is 76.8 Å². The maximum atomic E-state index is 6.23. The van der Waals surface area contributed by atoms with Gasteiger partial charge in [-0.05, 0) is 49.7 Å². The quantitative estimate of drug-likeness (QED) is 0.366. The number of aromatic nitrogens is 3. The molecule has 4 nitrogen and oxygen atoms in total. The molecule has 29 heavy (non-hydrogen) atoms. The summed E-state index contributed by atoms with van der Waals surface area (Å²) in [6.45, 7) is 5.40.